The van der Waals surface area contributed by atoms with Crippen LogP contribution in [0.2, 0.25) is 0 Å². The average Bonchev–Trinajstić information content (AvgIpc) is 0.740. The first kappa shape index (κ1) is 124. The number of carboxylic acids is 2. The van der Waals surface area contributed by atoms with Crippen LogP contribution >= 0.6 is 0 Å². The van der Waals surface area contributed by atoms with Gasteiger partial charge in [-0.25, -0.2) is 0 Å². The van der Waals surface area contributed by atoms with Crippen LogP contribution in [0.3, 0.4) is 0 Å². The monoisotopic (exact) mass is 1920 g/mol. The Balaban J connectivity index is 1.32. The number of carbonyl (C=O) groups excluding carboxylic acids is 2. The van der Waals surface area contributed by atoms with E-state index in [1.165, 1.54) is 423 Å². The van der Waals surface area contributed by atoms with E-state index in [1.807, 2.05) is 0 Å². The number of carboxylic acid groups (broad SMARTS) is 2. The Hall–Kier alpha value is -1.56. The Morgan fingerprint density at radius 2 is 0.416 bits per heavy atom. The van der Waals surface area contributed by atoms with E-state index in [-0.39, 0.29) is 71.8 Å². The summed E-state index contributed by atoms with van der Waals surface area (Å²) in [6.07, 6.45) is 108. The summed E-state index contributed by atoms with van der Waals surface area (Å²) in [6.45, 7) is 37.3. The van der Waals surface area contributed by atoms with Gasteiger partial charge in [0.05, 0.1) is 0 Å². The van der Waals surface area contributed by atoms with Gasteiger partial charge in [0, 0.05) is 59.8 Å². The summed E-state index contributed by atoms with van der Waals surface area (Å²) in [5.41, 5.74) is 0. The molecule has 0 amide bonds. The number of aliphatic carboxylic acids is 2. The van der Waals surface area contributed by atoms with Crippen LogP contribution in [0, 0.1) is 71.0 Å². The lowest BCUT2D eigenvalue weighted by molar-refractivity contribution is -0.315. The van der Waals surface area contributed by atoms with Crippen LogP contribution in [0.25, 0.3) is 0 Å². The molecule has 0 aromatic rings. The van der Waals surface area contributed by atoms with Crippen molar-refractivity contribution >= 4 is 11.9 Å². The molecule has 10 nitrogen and oxygen atoms in total. The molecule has 0 bridgehead atoms. The molecule has 2 aliphatic heterocycles. The molecule has 18 atom stereocenters. The molecule has 6 fully saturated rings. The van der Waals surface area contributed by atoms with Gasteiger partial charge in [0.15, 0.2) is 0 Å². The predicted octanol–water partition coefficient (Wildman–Crippen LogP) is 35.5. The van der Waals surface area contributed by atoms with Crippen LogP contribution in [0.5, 0.6) is 0 Å². The van der Waals surface area contributed by atoms with Crippen molar-refractivity contribution in [3.8, 4) is 0 Å². The van der Waals surface area contributed by atoms with E-state index in [2.05, 4.69) is 103 Å². The van der Waals surface area contributed by atoms with Crippen molar-refractivity contribution in [3.63, 3.8) is 0 Å². The first-order valence-electron chi connectivity index (χ1n) is 63.8. The summed E-state index contributed by atoms with van der Waals surface area (Å²) >= 11 is 0. The number of unbranched alkanes of at least 4 members (excludes halogenated alkanes) is 58. The van der Waals surface area contributed by atoms with Gasteiger partial charge in [-0.2, -0.15) is 0 Å². The minimum absolute atomic E-state index is 0.0181. The smallest absolute Gasteiger partial charge is 0.127 e. The molecule has 2 saturated heterocycles. The predicted molar refractivity (Wildman–Crippen MR) is 591 cm³/mol. The van der Waals surface area contributed by atoms with E-state index in [1.54, 1.807) is 5.92 Å². The van der Waals surface area contributed by atoms with Crippen molar-refractivity contribution in [3.05, 3.63) is 11.8 Å². The number of fused-ring (bicyclic) bond motifs is 4. The third kappa shape index (κ3) is 49.4. The van der Waals surface area contributed by atoms with Crippen LogP contribution in [0.1, 0.15) is 629 Å². The van der Waals surface area contributed by atoms with Crippen molar-refractivity contribution in [1.82, 2.24) is 19.6 Å². The van der Waals surface area contributed by atoms with Crippen LogP contribution in [0.15, 0.2) is 0 Å². The molecular weight excluding hydrogens is 1680 g/mol. The first-order valence-corrected chi connectivity index (χ1v) is 63.8. The van der Waals surface area contributed by atoms with E-state index in [0.717, 1.165) is 168 Å². The molecule has 0 spiro atoms. The zero-order valence-corrected chi connectivity index (χ0v) is 94.4. The zero-order valence-electron chi connectivity index (χ0n) is 94.4. The summed E-state index contributed by atoms with van der Waals surface area (Å²) in [5.74, 6) is 0.282. The summed E-state index contributed by atoms with van der Waals surface area (Å²) in [5, 5.41) is 31.3. The van der Waals surface area contributed by atoms with E-state index in [9.17, 15) is 0 Å². The molecule has 804 valence electrons. The van der Waals surface area contributed by atoms with Crippen molar-refractivity contribution in [1.29, 1.82) is 0 Å². The second-order valence-electron chi connectivity index (χ2n) is 47.4. The molecule has 0 N–H and O–H groups in total. The minimum atomic E-state index is -0.900. The molecule has 10 heteroatoms. The van der Waals surface area contributed by atoms with Gasteiger partial charge in [-0.1, -0.05) is 468 Å². The van der Waals surface area contributed by atoms with Gasteiger partial charge in [-0.05, 0) is 213 Å². The van der Waals surface area contributed by atoms with Crippen molar-refractivity contribution in [2.24, 2.45) is 59.2 Å². The molecule has 0 aromatic carbocycles. The third-order valence-corrected chi connectivity index (χ3v) is 36.6. The second kappa shape index (κ2) is 81.4. The molecule has 2 heterocycles. The third-order valence-electron chi connectivity index (χ3n) is 36.6. The molecule has 4 aliphatic carbocycles. The zero-order chi connectivity index (χ0) is 98.2. The van der Waals surface area contributed by atoms with Gasteiger partial charge >= 0.3 is 0 Å². The lowest BCUT2D eigenvalue weighted by Gasteiger charge is -2.53. The molecule has 6 aliphatic rings. The number of nitrogens with zero attached hydrogens (tertiary/aromatic N) is 4. The van der Waals surface area contributed by atoms with Gasteiger partial charge in [0.25, 0.3) is 0 Å². The van der Waals surface area contributed by atoms with E-state index in [4.69, 9.17) is 9.47 Å². The fraction of sp³-hybridized carbons (Fsp3) is 0.969. The number of rotatable bonds is 94. The minimum Gasteiger partial charge on any atom is -0.550 e. The van der Waals surface area contributed by atoms with Crippen LogP contribution in [-0.4, -0.2) is 132 Å². The van der Waals surface area contributed by atoms with Crippen molar-refractivity contribution in [2.75, 3.05) is 52.4 Å². The number of hydrogen-bond acceptors (Lipinski definition) is 10. The summed E-state index contributed by atoms with van der Waals surface area (Å²) < 4.78 is 16.0. The first-order chi connectivity index (χ1) is 67.3. The van der Waals surface area contributed by atoms with Gasteiger partial charge in [0.1, 0.15) is 71.8 Å². The van der Waals surface area contributed by atoms with Gasteiger partial charge < -0.3 is 48.9 Å². The number of ether oxygens (including phenoxy) is 2. The fourth-order valence-electron chi connectivity index (χ4n) is 28.1. The summed E-state index contributed by atoms with van der Waals surface area (Å²) in [7, 11) is 0. The van der Waals surface area contributed by atoms with Crippen molar-refractivity contribution < 1.29 is 29.3 Å². The molecule has 0 aromatic heterocycles. The second-order valence-corrected chi connectivity index (χ2v) is 47.4. The van der Waals surface area contributed by atoms with Crippen LogP contribution in [-0.2, 0) is 19.1 Å². The largest absolute Gasteiger partial charge is 0.550 e. The maximum absolute atomic E-state index is 16.1. The topological polar surface area (TPSA) is 112 Å². The van der Waals surface area contributed by atoms with Crippen LogP contribution in [0.4, 0.5) is 0 Å². The maximum Gasteiger partial charge on any atom is 0.127 e. The lowest BCUT2D eigenvalue weighted by atomic mass is 9.52. The standard InChI is InChI=1S/C127H240N4O6/c1-13-25-35-37-39-41-43-45-47-49-51-53-55-57-59-61-63-65-67-69-71-73-75-77-79-81-83-106(23-11)122(124-113-89-85-108(128(93-27-15-3)94-28-16-4)102-118(113)136-119-103-109(86-90-114(119)124)129(95-29-17-5)96-30-18-6)117(127(134)135)101-107(84-82-80-78-76-74-72-70-68-66-64-62-60-58-56-54-52-50-48-46-44-42-40-38-36-26-14-2)123(112(24-12)126(132)133)125-115-91-87-110(130(97-31-19-7)98-32-20-8)104-120(115)137-121-105-111(88-92-116(121)125)131(99-33-21-9)100-34-22-10/h106-123H,13-105H2,1-12H3. The van der Waals surface area contributed by atoms with Crippen molar-refractivity contribution in [2.45, 2.75) is 677 Å². The Labute approximate surface area is 856 Å². The number of hydrogen-bond donors (Lipinski definition) is 0. The van der Waals surface area contributed by atoms with Crippen LogP contribution < -0.4 is 10.2 Å². The highest BCUT2D eigenvalue weighted by molar-refractivity contribution is 5.70. The molecular formula is C127H240N4O6. The highest BCUT2D eigenvalue weighted by Crippen LogP contribution is 2.61. The van der Waals surface area contributed by atoms with E-state index < -0.39 is 23.8 Å². The Morgan fingerprint density at radius 3 is 0.599 bits per heavy atom. The Bertz CT molecular complexity index is 2610. The molecule has 137 heavy (non-hydrogen) atoms. The highest BCUT2D eigenvalue weighted by atomic mass is 16.5. The van der Waals surface area contributed by atoms with E-state index >= 15 is 19.8 Å². The van der Waals surface area contributed by atoms with E-state index in [0.29, 0.717) is 37.0 Å². The lowest BCUT2D eigenvalue weighted by Crippen LogP contribution is -2.60. The average molecular weight is 1920 g/mol. The molecule has 18 unspecified atom stereocenters. The van der Waals surface area contributed by atoms with Gasteiger partial charge in [-0.3, -0.25) is 0 Å². The molecule has 6 rings (SSSR count). The summed E-state index contributed by atoms with van der Waals surface area (Å²) in [6, 6.07) is 1.81. The SMILES string of the molecule is CCCCCCCCCCCCCCCCCCCCCCCCCCCCC(CC(C(=O)[O-])C([C+]1C2CCC(N(CCCC)CCCC)CC2OC2CC(N(CCCC)CCCC)CCC12)C(CC)CCCCCCCCCCCCCCCCCCCCCCCCCCCC)C([C+]1C2CCC(N(CCCC)CCCC)CC2OC2CC(N(CCCC)CCCC)CCC12)C(CC)C(=O)[O-]. The van der Waals surface area contributed by atoms with Gasteiger partial charge in [0.2, 0.25) is 0 Å². The van der Waals surface area contributed by atoms with Gasteiger partial charge in [-0.15, -0.1) is 0 Å². The Morgan fingerprint density at radius 1 is 0.234 bits per heavy atom. The molecule has 4 saturated carbocycles. The number of carbonyl (C=O) groups is 2. The normalized spacial score (nSPS) is 23.3. The Kier molecular flexibility index (Phi) is 73.8. The highest BCUT2D eigenvalue weighted by Gasteiger charge is 2.66. The summed E-state index contributed by atoms with van der Waals surface area (Å²) in [4.78, 5) is 42.8. The molecule has 0 radical (unpaired) electrons. The fourth-order valence-corrected chi connectivity index (χ4v) is 28.1. The quantitative estimate of drug-likeness (QED) is 0.0431. The maximum atomic E-state index is 16.1.